The first kappa shape index (κ1) is 36.3. The largest absolute Gasteiger partial charge is 0.441 e. The van der Waals surface area contributed by atoms with Crippen LogP contribution in [0, 0.1) is 27.7 Å². The number of hydrogen-bond donors (Lipinski definition) is 4. The number of carbonyl (C=O) groups is 3. The van der Waals surface area contributed by atoms with Crippen LogP contribution in [0.25, 0.3) is 0 Å². The molecule has 5 N–H and O–H groups in total. The first-order valence-corrected chi connectivity index (χ1v) is 15.9. The van der Waals surface area contributed by atoms with Crippen molar-refractivity contribution >= 4 is 23.6 Å². The third-order valence-electron chi connectivity index (χ3n) is 8.26. The quantitative estimate of drug-likeness (QED) is 0.127. The van der Waals surface area contributed by atoms with Crippen molar-refractivity contribution in [3.05, 3.63) is 101 Å². The Balaban J connectivity index is 1.39. The van der Waals surface area contributed by atoms with Gasteiger partial charge in [0.05, 0.1) is 24.0 Å². The van der Waals surface area contributed by atoms with Gasteiger partial charge in [-0.15, -0.1) is 0 Å². The second-order valence-corrected chi connectivity index (χ2v) is 12.5. The minimum atomic E-state index is -1.24. The molecule has 0 fully saturated rings. The zero-order valence-corrected chi connectivity index (χ0v) is 29.1. The minimum Gasteiger partial charge on any atom is -0.441 e. The Hall–Kier alpha value is -5.49. The molecule has 0 aliphatic rings. The van der Waals surface area contributed by atoms with E-state index in [0.717, 1.165) is 22.3 Å². The van der Waals surface area contributed by atoms with E-state index in [1.165, 1.54) is 13.1 Å². The Labute approximate surface area is 286 Å². The van der Waals surface area contributed by atoms with Gasteiger partial charge in [-0.3, -0.25) is 14.9 Å². The monoisotopic (exact) mass is 668 g/mol. The molecule has 49 heavy (non-hydrogen) atoms. The summed E-state index contributed by atoms with van der Waals surface area (Å²) in [5, 5.41) is 8.43. The van der Waals surface area contributed by atoms with E-state index in [-0.39, 0.29) is 0 Å². The Morgan fingerprint density at radius 1 is 0.755 bits per heavy atom. The number of anilines is 1. The molecule has 2 heterocycles. The average Bonchev–Trinajstić information content (AvgIpc) is 3.05. The highest BCUT2D eigenvalue weighted by Crippen LogP contribution is 2.32. The molecule has 0 saturated carbocycles. The molecule has 2 aromatic carbocycles. The molecule has 1 unspecified atom stereocenters. The van der Waals surface area contributed by atoms with Crippen LogP contribution < -0.4 is 31.2 Å². The van der Waals surface area contributed by atoms with E-state index in [4.69, 9.17) is 19.9 Å². The van der Waals surface area contributed by atoms with Crippen LogP contribution in [-0.2, 0) is 14.3 Å². The maximum Gasteiger partial charge on any atom is 0.408 e. The molecule has 0 spiro atoms. The standard InChI is InChI=1S/C37H44N6O6/c1-21-11-9-13-29(23(21)3)47-31-17-15-27(19-39-31)33(41-25(5)34(38)44)37(7,8)49-36(46)42-26(6)35(45)43-28-16-18-32(40-20-28)48-30-14-10-12-22(2)24(30)4/h9-20,25-26,33,41H,1-8H3,(H2,38,44)(H,42,46)(H,43,45)/t25-,26-,33?/m1/s1. The Morgan fingerprint density at radius 3 is 1.80 bits per heavy atom. The highest BCUT2D eigenvalue weighted by Gasteiger charge is 2.37. The lowest BCUT2D eigenvalue weighted by Gasteiger charge is -2.36. The van der Waals surface area contributed by atoms with E-state index in [9.17, 15) is 14.4 Å². The van der Waals surface area contributed by atoms with Gasteiger partial charge in [0.1, 0.15) is 23.1 Å². The number of benzene rings is 2. The number of hydrogen-bond acceptors (Lipinski definition) is 9. The summed E-state index contributed by atoms with van der Waals surface area (Å²) in [6.45, 7) is 14.4. The van der Waals surface area contributed by atoms with Crippen LogP contribution in [0.3, 0.4) is 0 Å². The molecule has 4 rings (SSSR count). The normalized spacial score (nSPS) is 13.1. The van der Waals surface area contributed by atoms with Crippen molar-refractivity contribution in [3.8, 4) is 23.3 Å². The highest BCUT2D eigenvalue weighted by molar-refractivity contribution is 5.96. The van der Waals surface area contributed by atoms with Crippen LogP contribution in [0.2, 0.25) is 0 Å². The fourth-order valence-corrected chi connectivity index (χ4v) is 4.88. The SMILES string of the molecule is Cc1cccc(Oc2ccc(NC(=O)[C@@H](C)NC(=O)OC(C)(C)C(N[C@H](C)C(N)=O)c3ccc(Oc4cccc(C)c4C)nc3)cn2)c1C. The number of nitrogens with one attached hydrogen (secondary N) is 3. The van der Waals surface area contributed by atoms with Crippen LogP contribution in [0.4, 0.5) is 10.5 Å². The maximum atomic E-state index is 13.1. The molecule has 258 valence electrons. The van der Waals surface area contributed by atoms with Gasteiger partial charge < -0.3 is 30.6 Å². The molecule has 0 radical (unpaired) electrons. The van der Waals surface area contributed by atoms with Gasteiger partial charge in [-0.05, 0) is 101 Å². The number of aryl methyl sites for hydroxylation is 2. The molecule has 12 heteroatoms. The number of amides is 3. The molecule has 0 bridgehead atoms. The lowest BCUT2D eigenvalue weighted by atomic mass is 9.91. The molecule has 2 aromatic heterocycles. The summed E-state index contributed by atoms with van der Waals surface area (Å²) < 4.78 is 17.7. The van der Waals surface area contributed by atoms with Crippen LogP contribution in [0.1, 0.15) is 61.6 Å². The van der Waals surface area contributed by atoms with E-state index in [2.05, 4.69) is 25.9 Å². The summed E-state index contributed by atoms with van der Waals surface area (Å²) >= 11 is 0. The number of rotatable bonds is 13. The predicted octanol–water partition coefficient (Wildman–Crippen LogP) is 6.33. The van der Waals surface area contributed by atoms with Crippen LogP contribution in [0.15, 0.2) is 73.1 Å². The van der Waals surface area contributed by atoms with E-state index in [1.54, 1.807) is 51.2 Å². The Morgan fingerprint density at radius 2 is 1.31 bits per heavy atom. The summed E-state index contributed by atoms with van der Waals surface area (Å²) in [5.74, 6) is 1.05. The average molecular weight is 669 g/mol. The molecule has 3 atom stereocenters. The third-order valence-corrected chi connectivity index (χ3v) is 8.26. The molecule has 0 aliphatic carbocycles. The van der Waals surface area contributed by atoms with Gasteiger partial charge >= 0.3 is 6.09 Å². The Kier molecular flexibility index (Phi) is 11.6. The number of ether oxygens (including phenoxy) is 3. The molecule has 4 aromatic rings. The molecule has 3 amide bonds. The summed E-state index contributed by atoms with van der Waals surface area (Å²) in [6.07, 6.45) is 2.20. The van der Waals surface area contributed by atoms with Gasteiger partial charge in [-0.25, -0.2) is 14.8 Å². The van der Waals surface area contributed by atoms with Gasteiger partial charge in [0.15, 0.2) is 0 Å². The van der Waals surface area contributed by atoms with Gasteiger partial charge in [-0.1, -0.05) is 30.3 Å². The van der Waals surface area contributed by atoms with Crippen molar-refractivity contribution in [1.82, 2.24) is 20.6 Å². The molecular weight excluding hydrogens is 624 g/mol. The Bertz CT molecular complexity index is 1790. The van der Waals surface area contributed by atoms with Crippen molar-refractivity contribution in [2.45, 2.75) is 79.1 Å². The topological polar surface area (TPSA) is 167 Å². The van der Waals surface area contributed by atoms with Crippen LogP contribution >= 0.6 is 0 Å². The van der Waals surface area contributed by atoms with Crippen molar-refractivity contribution in [1.29, 1.82) is 0 Å². The van der Waals surface area contributed by atoms with Gasteiger partial charge in [0.25, 0.3) is 0 Å². The maximum absolute atomic E-state index is 13.1. The molecule has 0 aliphatic heterocycles. The summed E-state index contributed by atoms with van der Waals surface area (Å²) in [7, 11) is 0. The first-order valence-electron chi connectivity index (χ1n) is 15.9. The second-order valence-electron chi connectivity index (χ2n) is 12.5. The number of carbonyl (C=O) groups excluding carboxylic acids is 3. The lowest BCUT2D eigenvalue weighted by Crippen LogP contribution is -2.51. The summed E-state index contributed by atoms with van der Waals surface area (Å²) in [5.41, 5.74) is 9.54. The van der Waals surface area contributed by atoms with E-state index >= 15 is 0 Å². The number of aromatic nitrogens is 2. The van der Waals surface area contributed by atoms with Crippen molar-refractivity contribution in [2.24, 2.45) is 5.73 Å². The number of primary amides is 1. The van der Waals surface area contributed by atoms with Crippen molar-refractivity contribution in [3.63, 3.8) is 0 Å². The van der Waals surface area contributed by atoms with Crippen molar-refractivity contribution in [2.75, 3.05) is 5.32 Å². The van der Waals surface area contributed by atoms with E-state index < -0.39 is 41.6 Å². The highest BCUT2D eigenvalue weighted by atomic mass is 16.6. The zero-order chi connectivity index (χ0) is 35.9. The third kappa shape index (κ3) is 9.54. The van der Waals surface area contributed by atoms with E-state index in [1.807, 2.05) is 64.1 Å². The number of alkyl carbamates (subject to hydrolysis) is 1. The van der Waals surface area contributed by atoms with E-state index in [0.29, 0.717) is 34.5 Å². The van der Waals surface area contributed by atoms with Gasteiger partial charge in [-0.2, -0.15) is 0 Å². The lowest BCUT2D eigenvalue weighted by molar-refractivity contribution is -0.120. The zero-order valence-electron chi connectivity index (χ0n) is 29.1. The summed E-state index contributed by atoms with van der Waals surface area (Å²) in [6, 6.07) is 15.8. The number of nitrogens with zero attached hydrogens (tertiary/aromatic N) is 2. The van der Waals surface area contributed by atoms with Gasteiger partial charge in [0, 0.05) is 18.3 Å². The van der Waals surface area contributed by atoms with Crippen LogP contribution in [0.5, 0.6) is 23.3 Å². The first-order chi connectivity index (χ1) is 23.1. The van der Waals surface area contributed by atoms with Crippen molar-refractivity contribution < 1.29 is 28.6 Å². The fraction of sp³-hybridized carbons (Fsp3) is 0.324. The second kappa shape index (κ2) is 15.6. The van der Waals surface area contributed by atoms with Crippen LogP contribution in [-0.4, -0.2) is 45.6 Å². The number of pyridine rings is 2. The number of nitrogens with two attached hydrogens (primary N) is 1. The van der Waals surface area contributed by atoms with Gasteiger partial charge in [0.2, 0.25) is 23.6 Å². The summed E-state index contributed by atoms with van der Waals surface area (Å²) in [4.78, 5) is 46.7. The molecule has 0 saturated heterocycles. The molecular formula is C37H44N6O6. The predicted molar refractivity (Wildman–Crippen MR) is 187 cm³/mol. The smallest absolute Gasteiger partial charge is 0.408 e. The molecule has 12 nitrogen and oxygen atoms in total. The minimum absolute atomic E-state index is 0.370. The fourth-order valence-electron chi connectivity index (χ4n) is 4.88.